The Labute approximate surface area is 146 Å². The van der Waals surface area contributed by atoms with E-state index < -0.39 is 6.10 Å². The van der Waals surface area contributed by atoms with E-state index in [0.29, 0.717) is 38.3 Å². The molecule has 0 aliphatic rings. The monoisotopic (exact) mass is 339 g/mol. The van der Waals surface area contributed by atoms with E-state index in [-0.39, 0.29) is 0 Å². The second-order valence-corrected chi connectivity index (χ2v) is 6.76. The van der Waals surface area contributed by atoms with Gasteiger partial charge in [0.15, 0.2) is 11.5 Å². The van der Waals surface area contributed by atoms with Gasteiger partial charge < -0.3 is 19.3 Å². The Hall–Kier alpha value is -1.30. The van der Waals surface area contributed by atoms with Crippen LogP contribution in [0.5, 0.6) is 11.5 Å². The Bertz CT molecular complexity index is 476. The topological polar surface area (TPSA) is 51.2 Å². The molecule has 1 aromatic carbocycles. The van der Waals surface area contributed by atoms with Crippen LogP contribution in [-0.4, -0.2) is 56.1 Å². The number of hydrogen-bond donors (Lipinski definition) is 1. The van der Waals surface area contributed by atoms with Crippen molar-refractivity contribution < 1.29 is 19.3 Å². The molecule has 0 amide bonds. The van der Waals surface area contributed by atoms with Crippen molar-refractivity contribution >= 4 is 0 Å². The molecular weight excluding hydrogens is 306 g/mol. The molecule has 138 valence electrons. The third kappa shape index (κ3) is 6.67. The molecule has 0 radical (unpaired) electrons. The van der Waals surface area contributed by atoms with Crippen molar-refractivity contribution in [2.45, 2.75) is 46.4 Å². The van der Waals surface area contributed by atoms with Gasteiger partial charge in [-0.05, 0) is 25.8 Å². The molecule has 1 rings (SSSR count). The van der Waals surface area contributed by atoms with Crippen LogP contribution in [0, 0.1) is 5.92 Å². The number of hydrogen-bond acceptors (Lipinski definition) is 5. The zero-order valence-corrected chi connectivity index (χ0v) is 15.9. The average Bonchev–Trinajstić information content (AvgIpc) is 2.53. The first-order chi connectivity index (χ1) is 11.4. The fourth-order valence-corrected chi connectivity index (χ4v) is 2.52. The maximum Gasteiger partial charge on any atom is 0.165 e. The third-order valence-electron chi connectivity index (χ3n) is 3.79. The molecule has 0 fully saturated rings. The Kier molecular flexibility index (Phi) is 9.11. The molecule has 0 aliphatic carbocycles. The van der Waals surface area contributed by atoms with Crippen molar-refractivity contribution in [2.24, 2.45) is 5.92 Å². The molecule has 0 bridgehead atoms. The van der Waals surface area contributed by atoms with Gasteiger partial charge >= 0.3 is 0 Å². The minimum Gasteiger partial charge on any atom is -0.493 e. The highest BCUT2D eigenvalue weighted by Crippen LogP contribution is 2.31. The molecule has 0 aliphatic heterocycles. The fourth-order valence-electron chi connectivity index (χ4n) is 2.52. The number of rotatable bonds is 11. The molecule has 1 atom stereocenters. The summed E-state index contributed by atoms with van der Waals surface area (Å²) in [4.78, 5) is 2.21. The number of para-hydroxylation sites is 1. The van der Waals surface area contributed by atoms with Gasteiger partial charge in [0.1, 0.15) is 0 Å². The first kappa shape index (κ1) is 20.7. The quantitative estimate of drug-likeness (QED) is 0.672. The van der Waals surface area contributed by atoms with Gasteiger partial charge in [-0.2, -0.15) is 0 Å². The van der Waals surface area contributed by atoms with E-state index in [9.17, 15) is 5.11 Å². The average molecular weight is 339 g/mol. The summed E-state index contributed by atoms with van der Waals surface area (Å²) in [6.07, 6.45) is -0.511. The largest absolute Gasteiger partial charge is 0.493 e. The van der Waals surface area contributed by atoms with E-state index in [0.717, 1.165) is 17.1 Å². The first-order valence-electron chi connectivity index (χ1n) is 8.58. The Balaban J connectivity index is 2.73. The summed E-state index contributed by atoms with van der Waals surface area (Å²) in [5, 5.41) is 10.3. The number of methoxy groups -OCH3 is 2. The normalized spacial score (nSPS) is 12.9. The van der Waals surface area contributed by atoms with Gasteiger partial charge in [0.05, 0.1) is 26.9 Å². The number of aliphatic hydroxyl groups excluding tert-OH is 1. The predicted molar refractivity (Wildman–Crippen MR) is 96.8 cm³/mol. The van der Waals surface area contributed by atoms with Crippen molar-refractivity contribution in [3.05, 3.63) is 23.8 Å². The van der Waals surface area contributed by atoms with Crippen LogP contribution in [0.2, 0.25) is 0 Å². The van der Waals surface area contributed by atoms with Gasteiger partial charge in [0, 0.05) is 31.3 Å². The van der Waals surface area contributed by atoms with Crippen LogP contribution in [0.3, 0.4) is 0 Å². The van der Waals surface area contributed by atoms with Gasteiger partial charge in [-0.3, -0.25) is 4.90 Å². The number of aliphatic hydroxyl groups is 1. The van der Waals surface area contributed by atoms with Gasteiger partial charge in [0.25, 0.3) is 0 Å². The lowest BCUT2D eigenvalue weighted by Crippen LogP contribution is -2.39. The highest BCUT2D eigenvalue weighted by atomic mass is 16.5. The molecule has 0 saturated carbocycles. The van der Waals surface area contributed by atoms with Gasteiger partial charge in [-0.25, -0.2) is 0 Å². The third-order valence-corrected chi connectivity index (χ3v) is 3.79. The summed E-state index contributed by atoms with van der Waals surface area (Å²) in [6, 6.07) is 6.16. The van der Waals surface area contributed by atoms with Crippen molar-refractivity contribution in [3.8, 4) is 11.5 Å². The highest BCUT2D eigenvalue weighted by Gasteiger charge is 2.18. The summed E-state index contributed by atoms with van der Waals surface area (Å²) in [7, 11) is 3.29. The van der Waals surface area contributed by atoms with Crippen LogP contribution in [0.15, 0.2) is 18.2 Å². The smallest absolute Gasteiger partial charge is 0.165 e. The summed E-state index contributed by atoms with van der Waals surface area (Å²) in [6.45, 7) is 10.7. The molecule has 1 aromatic rings. The maximum atomic E-state index is 10.3. The van der Waals surface area contributed by atoms with Crippen LogP contribution in [0.25, 0.3) is 0 Å². The van der Waals surface area contributed by atoms with E-state index in [1.54, 1.807) is 14.2 Å². The molecule has 5 heteroatoms. The predicted octanol–water partition coefficient (Wildman–Crippen LogP) is 2.95. The molecule has 5 nitrogen and oxygen atoms in total. The van der Waals surface area contributed by atoms with Gasteiger partial charge in [-0.15, -0.1) is 0 Å². The van der Waals surface area contributed by atoms with Crippen molar-refractivity contribution in [2.75, 3.05) is 34.0 Å². The fraction of sp³-hybridized carbons (Fsp3) is 0.684. The summed E-state index contributed by atoms with van der Waals surface area (Å²) in [5.74, 6) is 1.94. The Morgan fingerprint density at radius 1 is 1.04 bits per heavy atom. The second kappa shape index (κ2) is 10.5. The standard InChI is InChI=1S/C19H33NO4/c1-14(2)12-24-13-17(21)11-20(15(3)4)10-16-8-7-9-18(22-5)19(16)23-6/h7-9,14-15,17,21H,10-13H2,1-6H3/t17-/m1/s1. The van der Waals surface area contributed by atoms with Gasteiger partial charge in [-0.1, -0.05) is 26.0 Å². The maximum absolute atomic E-state index is 10.3. The minimum absolute atomic E-state index is 0.292. The molecule has 0 spiro atoms. The van der Waals surface area contributed by atoms with Crippen molar-refractivity contribution in [1.82, 2.24) is 4.90 Å². The van der Waals surface area contributed by atoms with E-state index in [4.69, 9.17) is 14.2 Å². The van der Waals surface area contributed by atoms with Crippen LogP contribution >= 0.6 is 0 Å². The molecule has 0 aromatic heterocycles. The van der Waals surface area contributed by atoms with Crippen LogP contribution in [0.1, 0.15) is 33.3 Å². The highest BCUT2D eigenvalue weighted by molar-refractivity contribution is 5.46. The van der Waals surface area contributed by atoms with Crippen LogP contribution in [-0.2, 0) is 11.3 Å². The molecular formula is C19H33NO4. The van der Waals surface area contributed by atoms with E-state index in [2.05, 4.69) is 32.6 Å². The Morgan fingerprint density at radius 3 is 2.29 bits per heavy atom. The van der Waals surface area contributed by atoms with Crippen LogP contribution in [0.4, 0.5) is 0 Å². The molecule has 24 heavy (non-hydrogen) atoms. The summed E-state index contributed by atoms with van der Waals surface area (Å²) < 4.78 is 16.4. The molecule has 0 heterocycles. The number of ether oxygens (including phenoxy) is 3. The second-order valence-electron chi connectivity index (χ2n) is 6.76. The summed E-state index contributed by atoms with van der Waals surface area (Å²) in [5.41, 5.74) is 1.04. The number of nitrogens with zero attached hydrogens (tertiary/aromatic N) is 1. The van der Waals surface area contributed by atoms with E-state index in [1.165, 1.54) is 0 Å². The minimum atomic E-state index is -0.511. The first-order valence-corrected chi connectivity index (χ1v) is 8.58. The lowest BCUT2D eigenvalue weighted by molar-refractivity contribution is 0.00161. The Morgan fingerprint density at radius 2 is 1.75 bits per heavy atom. The molecule has 0 saturated heterocycles. The zero-order valence-electron chi connectivity index (χ0n) is 15.9. The SMILES string of the molecule is COc1cccc(CN(C[C@@H](O)COCC(C)C)C(C)C)c1OC. The van der Waals surface area contributed by atoms with E-state index in [1.807, 2.05) is 18.2 Å². The lowest BCUT2D eigenvalue weighted by Gasteiger charge is -2.29. The number of benzene rings is 1. The van der Waals surface area contributed by atoms with Crippen molar-refractivity contribution in [1.29, 1.82) is 0 Å². The van der Waals surface area contributed by atoms with Crippen LogP contribution < -0.4 is 9.47 Å². The van der Waals surface area contributed by atoms with E-state index >= 15 is 0 Å². The molecule has 1 N–H and O–H groups in total. The lowest BCUT2D eigenvalue weighted by atomic mass is 10.1. The molecule has 0 unspecified atom stereocenters. The van der Waals surface area contributed by atoms with Gasteiger partial charge in [0.2, 0.25) is 0 Å². The zero-order chi connectivity index (χ0) is 18.1. The van der Waals surface area contributed by atoms with Crippen molar-refractivity contribution in [3.63, 3.8) is 0 Å². The summed E-state index contributed by atoms with van der Waals surface area (Å²) >= 11 is 0.